The standard InChI is InChI=1S/C21H34N4O/c1-4-22-21(23-15-14-20(26)25(5-2)6-3)24-16-18-12-9-11-17-10-7-8-13-19(17)18/h7-8,10,13,18H,4-6,9,11-12,14-16H2,1-3H3,(H2,22,23,24). The molecule has 0 heterocycles. The summed E-state index contributed by atoms with van der Waals surface area (Å²) < 4.78 is 0. The van der Waals surface area contributed by atoms with E-state index in [0.717, 1.165) is 32.1 Å². The van der Waals surface area contributed by atoms with Crippen molar-refractivity contribution in [3.63, 3.8) is 0 Å². The monoisotopic (exact) mass is 358 g/mol. The van der Waals surface area contributed by atoms with Crippen LogP contribution in [0.2, 0.25) is 0 Å². The van der Waals surface area contributed by atoms with E-state index < -0.39 is 0 Å². The molecular formula is C21H34N4O. The molecule has 5 nitrogen and oxygen atoms in total. The molecular weight excluding hydrogens is 324 g/mol. The van der Waals surface area contributed by atoms with E-state index in [1.165, 1.54) is 30.4 Å². The van der Waals surface area contributed by atoms with Crippen molar-refractivity contribution in [2.24, 2.45) is 4.99 Å². The first-order valence-corrected chi connectivity index (χ1v) is 10.1. The molecule has 0 saturated heterocycles. The van der Waals surface area contributed by atoms with Crippen molar-refractivity contribution in [1.29, 1.82) is 0 Å². The summed E-state index contributed by atoms with van der Waals surface area (Å²) in [6.07, 6.45) is 4.11. The number of rotatable bonds is 8. The number of benzene rings is 1. The van der Waals surface area contributed by atoms with Crippen LogP contribution in [0.25, 0.3) is 0 Å². The summed E-state index contributed by atoms with van der Waals surface area (Å²) in [5, 5.41) is 6.60. The van der Waals surface area contributed by atoms with E-state index >= 15 is 0 Å². The summed E-state index contributed by atoms with van der Waals surface area (Å²) in [4.78, 5) is 18.8. The zero-order valence-electron chi connectivity index (χ0n) is 16.6. The highest BCUT2D eigenvalue weighted by Gasteiger charge is 2.19. The second-order valence-electron chi connectivity index (χ2n) is 6.75. The van der Waals surface area contributed by atoms with Crippen molar-refractivity contribution in [3.05, 3.63) is 35.4 Å². The Morgan fingerprint density at radius 2 is 1.96 bits per heavy atom. The predicted molar refractivity (Wildman–Crippen MR) is 109 cm³/mol. The highest BCUT2D eigenvalue weighted by molar-refractivity contribution is 5.81. The second-order valence-corrected chi connectivity index (χ2v) is 6.75. The molecule has 0 aromatic heterocycles. The Balaban J connectivity index is 1.90. The molecule has 1 amide bonds. The molecule has 0 bridgehead atoms. The highest BCUT2D eigenvalue weighted by Crippen LogP contribution is 2.31. The van der Waals surface area contributed by atoms with Gasteiger partial charge in [0.2, 0.25) is 5.91 Å². The van der Waals surface area contributed by atoms with Crippen molar-refractivity contribution in [2.75, 3.05) is 32.7 Å². The van der Waals surface area contributed by atoms with Crippen LogP contribution in [0.1, 0.15) is 57.1 Å². The van der Waals surface area contributed by atoms with Crippen LogP contribution in [0, 0.1) is 0 Å². The molecule has 144 valence electrons. The summed E-state index contributed by atoms with van der Waals surface area (Å²) in [7, 11) is 0. The lowest BCUT2D eigenvalue weighted by molar-refractivity contribution is -0.130. The number of carbonyl (C=O) groups excluding carboxylic acids is 1. The number of nitrogens with one attached hydrogen (secondary N) is 2. The van der Waals surface area contributed by atoms with Crippen LogP contribution in [-0.4, -0.2) is 49.5 Å². The van der Waals surface area contributed by atoms with E-state index in [0.29, 0.717) is 18.9 Å². The number of nitrogens with zero attached hydrogens (tertiary/aromatic N) is 2. The van der Waals surface area contributed by atoms with E-state index in [-0.39, 0.29) is 5.91 Å². The van der Waals surface area contributed by atoms with Crippen LogP contribution < -0.4 is 10.6 Å². The first kappa shape index (κ1) is 20.3. The van der Waals surface area contributed by atoms with Gasteiger partial charge in [0.25, 0.3) is 0 Å². The van der Waals surface area contributed by atoms with E-state index in [1.54, 1.807) is 0 Å². The number of carbonyl (C=O) groups is 1. The third-order valence-electron chi connectivity index (χ3n) is 5.06. The quantitative estimate of drug-likeness (QED) is 0.555. The number of amides is 1. The van der Waals surface area contributed by atoms with Crippen molar-refractivity contribution >= 4 is 11.9 Å². The molecule has 0 saturated carbocycles. The molecule has 1 unspecified atom stereocenters. The number of fused-ring (bicyclic) bond motifs is 1. The Hall–Kier alpha value is -2.04. The normalized spacial score (nSPS) is 16.7. The van der Waals surface area contributed by atoms with Gasteiger partial charge in [-0.25, -0.2) is 0 Å². The van der Waals surface area contributed by atoms with E-state index in [2.05, 4.69) is 41.8 Å². The molecule has 0 aliphatic heterocycles. The minimum atomic E-state index is 0.194. The van der Waals surface area contributed by atoms with Gasteiger partial charge in [-0.15, -0.1) is 0 Å². The molecule has 2 rings (SSSR count). The van der Waals surface area contributed by atoms with Crippen LogP contribution >= 0.6 is 0 Å². The molecule has 1 aromatic rings. The maximum Gasteiger partial charge on any atom is 0.224 e. The van der Waals surface area contributed by atoms with Gasteiger partial charge in [-0.05, 0) is 51.2 Å². The van der Waals surface area contributed by atoms with Crippen molar-refractivity contribution < 1.29 is 4.79 Å². The smallest absolute Gasteiger partial charge is 0.224 e. The number of guanidine groups is 1. The van der Waals surface area contributed by atoms with Crippen molar-refractivity contribution in [1.82, 2.24) is 15.5 Å². The van der Waals surface area contributed by atoms with Crippen LogP contribution in [0.5, 0.6) is 0 Å². The van der Waals surface area contributed by atoms with Crippen LogP contribution in [0.3, 0.4) is 0 Å². The van der Waals surface area contributed by atoms with Crippen LogP contribution in [0.15, 0.2) is 29.3 Å². The SMILES string of the molecule is CCNC(=NCC1CCCc2ccccc21)NCCC(=O)N(CC)CC. The van der Waals surface area contributed by atoms with Crippen LogP contribution in [-0.2, 0) is 11.2 Å². The van der Waals surface area contributed by atoms with Gasteiger partial charge in [-0.3, -0.25) is 9.79 Å². The fourth-order valence-electron chi connectivity index (χ4n) is 3.61. The maximum atomic E-state index is 12.1. The molecule has 1 aliphatic rings. The largest absolute Gasteiger partial charge is 0.357 e. The lowest BCUT2D eigenvalue weighted by Crippen LogP contribution is -2.40. The number of hydrogen-bond donors (Lipinski definition) is 2. The average Bonchev–Trinajstić information content (AvgIpc) is 2.67. The Morgan fingerprint density at radius 1 is 1.19 bits per heavy atom. The summed E-state index contributed by atoms with van der Waals surface area (Å²) in [5.41, 5.74) is 2.93. The predicted octanol–water partition coefficient (Wildman–Crippen LogP) is 2.92. The topological polar surface area (TPSA) is 56.7 Å². The van der Waals surface area contributed by atoms with Gasteiger partial charge < -0.3 is 15.5 Å². The molecule has 1 aromatic carbocycles. The highest BCUT2D eigenvalue weighted by atomic mass is 16.2. The molecule has 0 fully saturated rings. The van der Waals surface area contributed by atoms with Crippen molar-refractivity contribution in [3.8, 4) is 0 Å². The third kappa shape index (κ3) is 5.75. The number of hydrogen-bond acceptors (Lipinski definition) is 2. The van der Waals surface area contributed by atoms with Gasteiger partial charge in [0.15, 0.2) is 5.96 Å². The second kappa shape index (κ2) is 10.8. The number of aliphatic imine (C=N–C) groups is 1. The minimum absolute atomic E-state index is 0.194. The van der Waals surface area contributed by atoms with Gasteiger partial charge in [0.05, 0.1) is 0 Å². The van der Waals surface area contributed by atoms with E-state index in [1.807, 2.05) is 18.7 Å². The molecule has 5 heteroatoms. The maximum absolute atomic E-state index is 12.1. The first-order valence-electron chi connectivity index (χ1n) is 10.1. The summed E-state index contributed by atoms with van der Waals surface area (Å²) in [6.45, 7) is 9.85. The molecule has 1 atom stereocenters. The fourth-order valence-corrected chi connectivity index (χ4v) is 3.61. The first-order chi connectivity index (χ1) is 12.7. The summed E-state index contributed by atoms with van der Waals surface area (Å²) in [6, 6.07) is 8.75. The van der Waals surface area contributed by atoms with Crippen LogP contribution in [0.4, 0.5) is 0 Å². The number of aryl methyl sites for hydroxylation is 1. The van der Waals surface area contributed by atoms with Crippen molar-refractivity contribution in [2.45, 2.75) is 52.4 Å². The zero-order valence-corrected chi connectivity index (χ0v) is 16.6. The molecule has 0 spiro atoms. The van der Waals surface area contributed by atoms with Gasteiger partial charge >= 0.3 is 0 Å². The van der Waals surface area contributed by atoms with E-state index in [9.17, 15) is 4.79 Å². The third-order valence-corrected chi connectivity index (χ3v) is 5.06. The summed E-state index contributed by atoms with van der Waals surface area (Å²) in [5.74, 6) is 1.50. The lowest BCUT2D eigenvalue weighted by Gasteiger charge is -2.24. The van der Waals surface area contributed by atoms with Gasteiger partial charge in [0, 0.05) is 45.1 Å². The Kier molecular flexibility index (Phi) is 8.45. The average molecular weight is 359 g/mol. The summed E-state index contributed by atoms with van der Waals surface area (Å²) >= 11 is 0. The Labute approximate surface area is 158 Å². The Morgan fingerprint density at radius 3 is 2.69 bits per heavy atom. The minimum Gasteiger partial charge on any atom is -0.357 e. The van der Waals surface area contributed by atoms with Gasteiger partial charge in [-0.2, -0.15) is 0 Å². The van der Waals surface area contributed by atoms with E-state index in [4.69, 9.17) is 4.99 Å². The van der Waals surface area contributed by atoms with Gasteiger partial charge in [-0.1, -0.05) is 24.3 Å². The molecule has 0 radical (unpaired) electrons. The molecule has 1 aliphatic carbocycles. The Bertz CT molecular complexity index is 595. The van der Waals surface area contributed by atoms with Gasteiger partial charge in [0.1, 0.15) is 0 Å². The molecule has 26 heavy (non-hydrogen) atoms. The lowest BCUT2D eigenvalue weighted by atomic mass is 9.83. The fraction of sp³-hybridized carbons (Fsp3) is 0.619. The zero-order chi connectivity index (χ0) is 18.8. The molecule has 2 N–H and O–H groups in total.